The molecule has 32 heavy (non-hydrogen) atoms. The first-order valence-corrected chi connectivity index (χ1v) is 9.67. The Morgan fingerprint density at radius 3 is 1.53 bits per heavy atom. The summed E-state index contributed by atoms with van der Waals surface area (Å²) in [5.74, 6) is -2.69. The number of hydrogen-bond donors (Lipinski definition) is 0. The number of nitrogens with zero attached hydrogens (tertiary/aromatic N) is 2. The Hall–Kier alpha value is -4.59. The molecular formula is C24H14N2O6. The van der Waals surface area contributed by atoms with Crippen molar-refractivity contribution in [3.05, 3.63) is 101 Å². The quantitative estimate of drug-likeness (QED) is 0.470. The topological polar surface area (TPSA) is 101 Å². The van der Waals surface area contributed by atoms with E-state index < -0.39 is 36.3 Å². The Morgan fingerprint density at radius 1 is 0.625 bits per heavy atom. The van der Waals surface area contributed by atoms with Gasteiger partial charge in [0.1, 0.15) is 0 Å². The normalized spacial score (nSPS) is 14.6. The van der Waals surface area contributed by atoms with Gasteiger partial charge in [-0.2, -0.15) is 0 Å². The summed E-state index contributed by atoms with van der Waals surface area (Å²) in [5, 5.41) is 0. The van der Waals surface area contributed by atoms with Crippen LogP contribution in [0.4, 0.5) is 5.69 Å². The number of rotatable bonds is 4. The second-order valence-corrected chi connectivity index (χ2v) is 7.18. The van der Waals surface area contributed by atoms with E-state index in [1.54, 1.807) is 36.4 Å². The highest BCUT2D eigenvalue weighted by molar-refractivity contribution is 6.34. The van der Waals surface area contributed by atoms with Crippen LogP contribution in [0.3, 0.4) is 0 Å². The third-order valence-corrected chi connectivity index (χ3v) is 5.36. The van der Waals surface area contributed by atoms with Crippen molar-refractivity contribution in [2.45, 2.75) is 0 Å². The number of hydrogen-bond acceptors (Lipinski definition) is 6. The van der Waals surface area contributed by atoms with Crippen LogP contribution in [0.5, 0.6) is 0 Å². The van der Waals surface area contributed by atoms with E-state index >= 15 is 0 Å². The molecule has 2 aliphatic heterocycles. The fourth-order valence-electron chi connectivity index (χ4n) is 3.73. The minimum absolute atomic E-state index is 0.141. The van der Waals surface area contributed by atoms with Gasteiger partial charge in [0, 0.05) is 0 Å². The summed E-state index contributed by atoms with van der Waals surface area (Å²) in [6, 6.07) is 18.6. The van der Waals surface area contributed by atoms with E-state index in [0.29, 0.717) is 16.8 Å². The van der Waals surface area contributed by atoms with E-state index in [0.717, 1.165) is 9.80 Å². The predicted octanol–water partition coefficient (Wildman–Crippen LogP) is 2.90. The molecule has 8 nitrogen and oxygen atoms in total. The van der Waals surface area contributed by atoms with Crippen LogP contribution in [-0.2, 0) is 4.74 Å². The lowest BCUT2D eigenvalue weighted by atomic mass is 10.1. The van der Waals surface area contributed by atoms with Crippen LogP contribution in [0.15, 0.2) is 72.8 Å². The van der Waals surface area contributed by atoms with Crippen molar-refractivity contribution in [3.63, 3.8) is 0 Å². The maximum Gasteiger partial charge on any atom is 0.339 e. The zero-order valence-electron chi connectivity index (χ0n) is 16.5. The van der Waals surface area contributed by atoms with Crippen molar-refractivity contribution in [3.8, 4) is 0 Å². The number of benzene rings is 3. The Labute approximate surface area is 181 Å². The number of esters is 1. The largest absolute Gasteiger partial charge is 0.440 e. The van der Waals surface area contributed by atoms with Gasteiger partial charge in [-0.15, -0.1) is 0 Å². The molecule has 0 bridgehead atoms. The lowest BCUT2D eigenvalue weighted by molar-refractivity contribution is 0.0228. The SMILES string of the molecule is O=C(OCN1C(=O)c2ccccc2C1=O)c1ccc(N2C(=O)c3ccccc3C2=O)cc1. The Kier molecular flexibility index (Phi) is 4.41. The molecule has 0 N–H and O–H groups in total. The molecule has 0 saturated heterocycles. The molecule has 0 fully saturated rings. The first kappa shape index (κ1) is 19.4. The standard InChI is InChI=1S/C24H14N2O6/c27-20-16-5-1-2-6-17(16)21(28)25(20)13-32-24(31)14-9-11-15(12-10-14)26-22(29)18-7-3-4-8-19(18)23(26)30/h1-12H,13H2. The number of ether oxygens (including phenoxy) is 1. The monoisotopic (exact) mass is 426 g/mol. The van der Waals surface area contributed by atoms with Gasteiger partial charge in [-0.05, 0) is 48.5 Å². The first-order chi connectivity index (χ1) is 15.5. The molecule has 0 spiro atoms. The molecule has 8 heteroatoms. The van der Waals surface area contributed by atoms with Crippen LogP contribution >= 0.6 is 0 Å². The summed E-state index contributed by atoms with van der Waals surface area (Å²) >= 11 is 0. The third-order valence-electron chi connectivity index (χ3n) is 5.36. The molecule has 2 heterocycles. The molecule has 3 aromatic rings. The fraction of sp³-hybridized carbons (Fsp3) is 0.0417. The van der Waals surface area contributed by atoms with E-state index in [9.17, 15) is 24.0 Å². The number of carbonyl (C=O) groups excluding carboxylic acids is 5. The van der Waals surface area contributed by atoms with Gasteiger partial charge in [-0.25, -0.2) is 14.6 Å². The first-order valence-electron chi connectivity index (χ1n) is 9.67. The minimum atomic E-state index is -0.754. The molecule has 2 aliphatic rings. The van der Waals surface area contributed by atoms with Crippen molar-refractivity contribution in [2.75, 3.05) is 11.6 Å². The lowest BCUT2D eigenvalue weighted by Crippen LogP contribution is -2.33. The average Bonchev–Trinajstić information content (AvgIpc) is 3.22. The fourth-order valence-corrected chi connectivity index (χ4v) is 3.73. The molecule has 0 saturated carbocycles. The molecule has 0 unspecified atom stereocenters. The number of carbonyl (C=O) groups is 5. The van der Waals surface area contributed by atoms with Crippen molar-refractivity contribution in [2.24, 2.45) is 0 Å². The van der Waals surface area contributed by atoms with Gasteiger partial charge >= 0.3 is 5.97 Å². The Balaban J connectivity index is 1.28. The van der Waals surface area contributed by atoms with Crippen LogP contribution in [0.2, 0.25) is 0 Å². The maximum atomic E-state index is 12.6. The Morgan fingerprint density at radius 2 is 1.06 bits per heavy atom. The lowest BCUT2D eigenvalue weighted by Gasteiger charge is -2.15. The van der Waals surface area contributed by atoms with Gasteiger partial charge in [-0.3, -0.25) is 19.2 Å². The molecule has 0 atom stereocenters. The predicted molar refractivity (Wildman–Crippen MR) is 111 cm³/mol. The van der Waals surface area contributed by atoms with Crippen molar-refractivity contribution in [1.82, 2.24) is 4.90 Å². The Bertz CT molecular complexity index is 1260. The van der Waals surface area contributed by atoms with E-state index in [1.807, 2.05) is 0 Å². The van der Waals surface area contributed by atoms with Crippen molar-refractivity contribution >= 4 is 35.3 Å². The second kappa shape index (κ2) is 7.28. The van der Waals surface area contributed by atoms with E-state index in [1.165, 1.54) is 36.4 Å². The smallest absolute Gasteiger partial charge is 0.339 e. The summed E-state index contributed by atoms with van der Waals surface area (Å²) < 4.78 is 5.14. The zero-order chi connectivity index (χ0) is 22.4. The zero-order valence-corrected chi connectivity index (χ0v) is 16.5. The van der Waals surface area contributed by atoms with Crippen LogP contribution < -0.4 is 4.90 Å². The summed E-state index contributed by atoms with van der Waals surface area (Å²) in [6.07, 6.45) is 0. The number of anilines is 1. The van der Waals surface area contributed by atoms with Gasteiger partial charge < -0.3 is 4.74 Å². The minimum Gasteiger partial charge on any atom is -0.440 e. The molecule has 0 radical (unpaired) electrons. The molecular weight excluding hydrogens is 412 g/mol. The van der Waals surface area contributed by atoms with Crippen LogP contribution in [-0.4, -0.2) is 41.2 Å². The summed E-state index contributed by atoms with van der Waals surface area (Å²) in [5.41, 5.74) is 1.62. The molecule has 3 aromatic carbocycles. The maximum absolute atomic E-state index is 12.6. The highest BCUT2D eigenvalue weighted by atomic mass is 16.5. The van der Waals surface area contributed by atoms with Gasteiger partial charge in [0.15, 0.2) is 6.73 Å². The van der Waals surface area contributed by atoms with Gasteiger partial charge in [0.05, 0.1) is 33.5 Å². The van der Waals surface area contributed by atoms with Crippen LogP contribution in [0, 0.1) is 0 Å². The van der Waals surface area contributed by atoms with Crippen molar-refractivity contribution in [1.29, 1.82) is 0 Å². The van der Waals surface area contributed by atoms with Gasteiger partial charge in [-0.1, -0.05) is 24.3 Å². The average molecular weight is 426 g/mol. The van der Waals surface area contributed by atoms with E-state index in [4.69, 9.17) is 4.74 Å². The molecule has 156 valence electrons. The van der Waals surface area contributed by atoms with Crippen LogP contribution in [0.25, 0.3) is 0 Å². The van der Waals surface area contributed by atoms with E-state index in [2.05, 4.69) is 0 Å². The van der Waals surface area contributed by atoms with Gasteiger partial charge in [0.2, 0.25) is 0 Å². The highest BCUT2D eigenvalue weighted by Gasteiger charge is 2.37. The van der Waals surface area contributed by atoms with E-state index in [-0.39, 0.29) is 16.7 Å². The molecule has 0 aromatic heterocycles. The summed E-state index contributed by atoms with van der Waals surface area (Å²) in [6.45, 7) is -0.522. The molecule has 4 amide bonds. The van der Waals surface area contributed by atoms with Crippen molar-refractivity contribution < 1.29 is 28.7 Å². The number of fused-ring (bicyclic) bond motifs is 2. The highest BCUT2D eigenvalue weighted by Crippen LogP contribution is 2.28. The summed E-state index contributed by atoms with van der Waals surface area (Å²) in [7, 11) is 0. The van der Waals surface area contributed by atoms with Gasteiger partial charge in [0.25, 0.3) is 23.6 Å². The summed E-state index contributed by atoms with van der Waals surface area (Å²) in [4.78, 5) is 64.2. The molecule has 5 rings (SSSR count). The van der Waals surface area contributed by atoms with Crippen LogP contribution in [0.1, 0.15) is 51.8 Å². The molecule has 0 aliphatic carbocycles. The number of imide groups is 2. The third kappa shape index (κ3) is 2.89. The second-order valence-electron chi connectivity index (χ2n) is 7.18. The number of amides is 4.